The van der Waals surface area contributed by atoms with Crippen LogP contribution in [0.1, 0.15) is 21.9 Å². The summed E-state index contributed by atoms with van der Waals surface area (Å²) in [6.07, 6.45) is 3.98. The molecule has 2 aromatic heterocycles. The number of carbonyl (C=O) groups excluding carboxylic acids is 1. The lowest BCUT2D eigenvalue weighted by Crippen LogP contribution is -2.16. The van der Waals surface area contributed by atoms with Crippen molar-refractivity contribution in [3.63, 3.8) is 0 Å². The van der Waals surface area contributed by atoms with Gasteiger partial charge in [-0.15, -0.1) is 0 Å². The van der Waals surface area contributed by atoms with Crippen LogP contribution in [0.3, 0.4) is 0 Å². The van der Waals surface area contributed by atoms with Crippen LogP contribution in [0.5, 0.6) is 0 Å². The van der Waals surface area contributed by atoms with Crippen LogP contribution in [-0.2, 0) is 6.54 Å². The molecule has 0 saturated heterocycles. The van der Waals surface area contributed by atoms with Crippen LogP contribution >= 0.6 is 22.6 Å². The van der Waals surface area contributed by atoms with Gasteiger partial charge in [0.2, 0.25) is 0 Å². The van der Waals surface area contributed by atoms with E-state index in [0.717, 1.165) is 15.3 Å². The Balaban J connectivity index is 1.60. The SMILES string of the molecule is O=C(N/N=C/c1ccccc1I)c1ccc(Cn2cc([N+](=O)[O-])cn2)o1. The third kappa shape index (κ3) is 4.33. The Kier molecular flexibility index (Phi) is 5.41. The van der Waals surface area contributed by atoms with Crippen molar-refractivity contribution in [2.24, 2.45) is 5.10 Å². The zero-order chi connectivity index (χ0) is 18.5. The lowest BCUT2D eigenvalue weighted by atomic mass is 10.2. The van der Waals surface area contributed by atoms with E-state index in [1.165, 1.54) is 16.9 Å². The van der Waals surface area contributed by atoms with Crippen molar-refractivity contribution in [3.05, 3.63) is 79.6 Å². The van der Waals surface area contributed by atoms with Crippen molar-refractivity contribution in [2.45, 2.75) is 6.54 Å². The summed E-state index contributed by atoms with van der Waals surface area (Å²) in [6, 6.07) is 10.7. The van der Waals surface area contributed by atoms with Gasteiger partial charge in [0.15, 0.2) is 5.76 Å². The van der Waals surface area contributed by atoms with Gasteiger partial charge in [-0.3, -0.25) is 19.6 Å². The summed E-state index contributed by atoms with van der Waals surface area (Å²) in [5, 5.41) is 18.4. The van der Waals surface area contributed by atoms with Crippen LogP contribution in [0, 0.1) is 13.7 Å². The van der Waals surface area contributed by atoms with E-state index in [-0.39, 0.29) is 18.0 Å². The smallest absolute Gasteiger partial charge is 0.307 e. The zero-order valence-electron chi connectivity index (χ0n) is 13.2. The second-order valence-electron chi connectivity index (χ2n) is 5.14. The number of carbonyl (C=O) groups is 1. The number of nitro groups is 1. The van der Waals surface area contributed by atoms with E-state index in [2.05, 4.69) is 38.2 Å². The predicted octanol–water partition coefficient (Wildman–Crippen LogP) is 2.80. The second kappa shape index (κ2) is 7.91. The third-order valence-electron chi connectivity index (χ3n) is 3.31. The first-order valence-electron chi connectivity index (χ1n) is 7.36. The first-order chi connectivity index (χ1) is 12.5. The molecule has 0 spiro atoms. The van der Waals surface area contributed by atoms with Crippen LogP contribution in [0.15, 0.2) is 58.3 Å². The van der Waals surface area contributed by atoms with Gasteiger partial charge in [0.05, 0.1) is 17.7 Å². The fraction of sp³-hybridized carbons (Fsp3) is 0.0625. The molecule has 0 atom stereocenters. The number of aromatic nitrogens is 2. The first-order valence-corrected chi connectivity index (χ1v) is 8.44. The van der Waals surface area contributed by atoms with E-state index in [1.54, 1.807) is 12.3 Å². The Labute approximate surface area is 161 Å². The van der Waals surface area contributed by atoms with Crippen LogP contribution < -0.4 is 5.43 Å². The Morgan fingerprint density at radius 2 is 2.19 bits per heavy atom. The highest BCUT2D eigenvalue weighted by atomic mass is 127. The molecule has 0 aliphatic carbocycles. The molecular formula is C16H12IN5O4. The molecule has 0 radical (unpaired) electrons. The van der Waals surface area contributed by atoms with Crippen LogP contribution in [-0.4, -0.2) is 26.8 Å². The highest BCUT2D eigenvalue weighted by Gasteiger charge is 2.13. The highest BCUT2D eigenvalue weighted by molar-refractivity contribution is 14.1. The molecule has 1 aromatic carbocycles. The number of nitrogens with zero attached hydrogens (tertiary/aromatic N) is 4. The topological polar surface area (TPSA) is 116 Å². The minimum absolute atomic E-state index is 0.0848. The Bertz CT molecular complexity index is 978. The fourth-order valence-corrected chi connectivity index (χ4v) is 2.60. The summed E-state index contributed by atoms with van der Waals surface area (Å²) in [7, 11) is 0. The molecule has 0 saturated carbocycles. The van der Waals surface area contributed by atoms with E-state index in [9.17, 15) is 14.9 Å². The van der Waals surface area contributed by atoms with E-state index in [1.807, 2.05) is 24.3 Å². The quantitative estimate of drug-likeness (QED) is 0.260. The average Bonchev–Trinajstić information content (AvgIpc) is 3.26. The van der Waals surface area contributed by atoms with Gasteiger partial charge in [0, 0.05) is 9.13 Å². The fourth-order valence-electron chi connectivity index (χ4n) is 2.07. The summed E-state index contributed by atoms with van der Waals surface area (Å²) in [6.45, 7) is 0.173. The van der Waals surface area contributed by atoms with Gasteiger partial charge < -0.3 is 4.42 Å². The van der Waals surface area contributed by atoms with Gasteiger partial charge in [-0.2, -0.15) is 10.2 Å². The van der Waals surface area contributed by atoms with Crippen molar-refractivity contribution < 1.29 is 14.1 Å². The van der Waals surface area contributed by atoms with Gasteiger partial charge >= 0.3 is 11.6 Å². The first kappa shape index (κ1) is 17.8. The maximum absolute atomic E-state index is 12.0. The Morgan fingerprint density at radius 3 is 2.92 bits per heavy atom. The molecule has 3 aromatic rings. The van der Waals surface area contributed by atoms with Crippen LogP contribution in [0.4, 0.5) is 5.69 Å². The van der Waals surface area contributed by atoms with Crippen molar-refractivity contribution >= 4 is 40.4 Å². The Morgan fingerprint density at radius 1 is 1.38 bits per heavy atom. The van der Waals surface area contributed by atoms with Gasteiger partial charge in [0.1, 0.15) is 18.2 Å². The molecule has 132 valence electrons. The largest absolute Gasteiger partial charge is 0.454 e. The van der Waals surface area contributed by atoms with Crippen LogP contribution in [0.2, 0.25) is 0 Å². The zero-order valence-corrected chi connectivity index (χ0v) is 15.4. The second-order valence-corrected chi connectivity index (χ2v) is 6.30. The van der Waals surface area contributed by atoms with E-state index >= 15 is 0 Å². The summed E-state index contributed by atoms with van der Waals surface area (Å²) >= 11 is 2.18. The number of hydrazone groups is 1. The third-order valence-corrected chi connectivity index (χ3v) is 4.29. The molecule has 0 bridgehead atoms. The van der Waals surface area contributed by atoms with Gasteiger partial charge in [-0.05, 0) is 40.8 Å². The minimum atomic E-state index is -0.531. The van der Waals surface area contributed by atoms with Gasteiger partial charge in [0.25, 0.3) is 0 Å². The predicted molar refractivity (Wildman–Crippen MR) is 101 cm³/mol. The maximum atomic E-state index is 12.0. The van der Waals surface area contributed by atoms with E-state index < -0.39 is 10.8 Å². The lowest BCUT2D eigenvalue weighted by Gasteiger charge is -1.99. The number of furan rings is 1. The molecule has 9 nitrogen and oxygen atoms in total. The number of rotatable bonds is 6. The number of halogens is 1. The summed E-state index contributed by atoms with van der Waals surface area (Å²) in [4.78, 5) is 22.2. The monoisotopic (exact) mass is 465 g/mol. The number of hydrogen-bond donors (Lipinski definition) is 1. The van der Waals surface area contributed by atoms with Gasteiger partial charge in [-0.1, -0.05) is 18.2 Å². The van der Waals surface area contributed by atoms with Crippen molar-refractivity contribution in [2.75, 3.05) is 0 Å². The van der Waals surface area contributed by atoms with Gasteiger partial charge in [-0.25, -0.2) is 5.43 Å². The number of benzene rings is 1. The van der Waals surface area contributed by atoms with E-state index in [4.69, 9.17) is 4.42 Å². The molecule has 2 heterocycles. The molecule has 3 rings (SSSR count). The standard InChI is InChI=1S/C16H12IN5O4/c17-14-4-2-1-3-11(14)7-18-20-16(23)15-6-5-13(26-15)10-21-9-12(8-19-21)22(24)25/h1-9H,10H2,(H,20,23)/b18-7+. The molecule has 0 unspecified atom stereocenters. The minimum Gasteiger partial charge on any atom is -0.454 e. The normalized spacial score (nSPS) is 11.0. The molecule has 26 heavy (non-hydrogen) atoms. The number of hydrogen-bond acceptors (Lipinski definition) is 6. The maximum Gasteiger partial charge on any atom is 0.307 e. The molecule has 0 fully saturated rings. The summed E-state index contributed by atoms with van der Waals surface area (Å²) in [5.74, 6) is 0.0289. The molecule has 0 aliphatic rings. The van der Waals surface area contributed by atoms with Crippen molar-refractivity contribution in [3.8, 4) is 0 Å². The van der Waals surface area contributed by atoms with E-state index in [0.29, 0.717) is 5.76 Å². The Hall–Kier alpha value is -3.02. The average molecular weight is 465 g/mol. The summed E-state index contributed by atoms with van der Waals surface area (Å²) in [5.41, 5.74) is 3.16. The summed E-state index contributed by atoms with van der Waals surface area (Å²) < 4.78 is 7.79. The molecule has 1 N–H and O–H groups in total. The lowest BCUT2D eigenvalue weighted by molar-refractivity contribution is -0.385. The number of nitrogens with one attached hydrogen (secondary N) is 1. The highest BCUT2D eigenvalue weighted by Crippen LogP contribution is 2.13. The van der Waals surface area contributed by atoms with Crippen molar-refractivity contribution in [1.29, 1.82) is 0 Å². The van der Waals surface area contributed by atoms with Crippen LogP contribution in [0.25, 0.3) is 0 Å². The molecule has 0 aliphatic heterocycles. The molecule has 1 amide bonds. The molecular weight excluding hydrogens is 453 g/mol. The molecule has 10 heteroatoms. The van der Waals surface area contributed by atoms with Crippen molar-refractivity contribution in [1.82, 2.24) is 15.2 Å². The number of amides is 1.